The van der Waals surface area contributed by atoms with Gasteiger partial charge in [0.1, 0.15) is 17.6 Å². The Morgan fingerprint density at radius 2 is 2.12 bits per heavy atom. The Hall–Kier alpha value is -3.00. The van der Waals surface area contributed by atoms with Gasteiger partial charge < -0.3 is 18.6 Å². The maximum atomic E-state index is 13.9. The van der Waals surface area contributed by atoms with Gasteiger partial charge in [0.2, 0.25) is 6.39 Å². The van der Waals surface area contributed by atoms with E-state index in [4.69, 9.17) is 13.7 Å². The van der Waals surface area contributed by atoms with Gasteiger partial charge in [0, 0.05) is 6.54 Å². The van der Waals surface area contributed by atoms with Crippen molar-refractivity contribution in [1.29, 1.82) is 0 Å². The number of ether oxygens (including phenoxy) is 1. The van der Waals surface area contributed by atoms with Crippen LogP contribution in [0.3, 0.4) is 0 Å². The molecule has 0 aliphatic carbocycles. The first-order valence-corrected chi connectivity index (χ1v) is 7.74. The monoisotopic (exact) mass is 343 g/mol. The van der Waals surface area contributed by atoms with E-state index in [-0.39, 0.29) is 18.3 Å². The highest BCUT2D eigenvalue weighted by molar-refractivity contribution is 5.92. The van der Waals surface area contributed by atoms with Gasteiger partial charge in [-0.2, -0.15) is 4.98 Å². The van der Waals surface area contributed by atoms with Gasteiger partial charge in [-0.25, -0.2) is 4.39 Å². The molecule has 2 aromatic heterocycles. The summed E-state index contributed by atoms with van der Waals surface area (Å²) in [6.07, 6.45) is 1.20. The van der Waals surface area contributed by atoms with Gasteiger partial charge in [-0.15, -0.1) is 0 Å². The fourth-order valence-electron chi connectivity index (χ4n) is 2.79. The summed E-state index contributed by atoms with van der Waals surface area (Å²) in [5, 5.41) is 3.79. The molecule has 0 spiro atoms. The van der Waals surface area contributed by atoms with Crippen molar-refractivity contribution < 1.29 is 22.9 Å². The minimum Gasteiger partial charge on any atom is -0.451 e. The number of halogens is 1. The summed E-state index contributed by atoms with van der Waals surface area (Å²) in [5.74, 6) is 0.0426. The van der Waals surface area contributed by atoms with Crippen molar-refractivity contribution in [2.24, 2.45) is 0 Å². The Kier molecular flexibility index (Phi) is 4.02. The van der Waals surface area contributed by atoms with Gasteiger partial charge in [-0.05, 0) is 24.3 Å². The van der Waals surface area contributed by atoms with Crippen LogP contribution in [0.25, 0.3) is 11.3 Å². The number of nitrogens with zero attached hydrogens (tertiary/aromatic N) is 3. The van der Waals surface area contributed by atoms with Crippen LogP contribution >= 0.6 is 0 Å². The van der Waals surface area contributed by atoms with E-state index >= 15 is 0 Å². The molecule has 8 heteroatoms. The Bertz CT molecular complexity index is 878. The molecule has 1 fully saturated rings. The van der Waals surface area contributed by atoms with Crippen molar-refractivity contribution in [3.63, 3.8) is 0 Å². The van der Waals surface area contributed by atoms with Gasteiger partial charge in [-0.1, -0.05) is 17.3 Å². The van der Waals surface area contributed by atoms with Crippen molar-refractivity contribution in [3.05, 3.63) is 60.2 Å². The van der Waals surface area contributed by atoms with Gasteiger partial charge in [0.25, 0.3) is 5.91 Å². The number of morpholine rings is 1. The average molecular weight is 343 g/mol. The second-order valence-corrected chi connectivity index (χ2v) is 5.52. The standard InChI is InChI=1S/C17H14FN3O4/c18-12-4-2-1-3-11(12)14-5-6-15(25-14)17(22)21-7-8-23-9-13(21)16-19-10-24-20-16/h1-6,10,13H,7-9H2. The lowest BCUT2D eigenvalue weighted by Crippen LogP contribution is -2.43. The Morgan fingerprint density at radius 3 is 2.92 bits per heavy atom. The molecule has 1 amide bonds. The van der Waals surface area contributed by atoms with Gasteiger partial charge in [0.05, 0.1) is 18.8 Å². The van der Waals surface area contributed by atoms with Crippen LogP contribution in [0.5, 0.6) is 0 Å². The lowest BCUT2D eigenvalue weighted by Gasteiger charge is -2.32. The molecule has 3 aromatic rings. The molecule has 1 atom stereocenters. The molecule has 7 nitrogen and oxygen atoms in total. The molecule has 1 aromatic carbocycles. The van der Waals surface area contributed by atoms with Crippen molar-refractivity contribution in [2.75, 3.05) is 19.8 Å². The lowest BCUT2D eigenvalue weighted by molar-refractivity contribution is -0.00724. The molecule has 25 heavy (non-hydrogen) atoms. The fraction of sp³-hybridized carbons (Fsp3) is 0.235. The van der Waals surface area contributed by atoms with E-state index < -0.39 is 11.9 Å². The minimum atomic E-state index is -0.456. The largest absolute Gasteiger partial charge is 0.451 e. The molecule has 1 aliphatic heterocycles. The number of amides is 1. The maximum Gasteiger partial charge on any atom is 0.290 e. The number of carbonyl (C=O) groups is 1. The number of furan rings is 1. The van der Waals surface area contributed by atoms with E-state index in [0.29, 0.717) is 30.3 Å². The molecule has 1 saturated heterocycles. The van der Waals surface area contributed by atoms with E-state index in [0.717, 1.165) is 0 Å². The van der Waals surface area contributed by atoms with E-state index in [2.05, 4.69) is 10.1 Å². The summed E-state index contributed by atoms with van der Waals surface area (Å²) in [6.45, 7) is 1.04. The zero-order chi connectivity index (χ0) is 17.2. The van der Waals surface area contributed by atoms with Gasteiger partial charge in [-0.3, -0.25) is 4.79 Å². The first-order chi connectivity index (χ1) is 12.2. The highest BCUT2D eigenvalue weighted by atomic mass is 19.1. The molecular formula is C17H14FN3O4. The molecular weight excluding hydrogens is 329 g/mol. The van der Waals surface area contributed by atoms with E-state index in [1.807, 2.05) is 0 Å². The highest BCUT2D eigenvalue weighted by Gasteiger charge is 2.33. The van der Waals surface area contributed by atoms with Crippen LogP contribution in [0.15, 0.2) is 51.7 Å². The zero-order valence-electron chi connectivity index (χ0n) is 13.1. The summed E-state index contributed by atoms with van der Waals surface area (Å²) >= 11 is 0. The third kappa shape index (κ3) is 2.91. The first-order valence-electron chi connectivity index (χ1n) is 7.74. The summed E-state index contributed by atoms with van der Waals surface area (Å²) in [5.41, 5.74) is 0.304. The predicted molar refractivity (Wildman–Crippen MR) is 83.0 cm³/mol. The van der Waals surface area contributed by atoms with Crippen molar-refractivity contribution in [1.82, 2.24) is 15.0 Å². The Balaban J connectivity index is 1.61. The third-order valence-corrected chi connectivity index (χ3v) is 4.02. The Labute approximate surface area is 142 Å². The van der Waals surface area contributed by atoms with Crippen LogP contribution in [0.2, 0.25) is 0 Å². The van der Waals surface area contributed by atoms with Crippen molar-refractivity contribution in [3.8, 4) is 11.3 Å². The van der Waals surface area contributed by atoms with E-state index in [1.165, 1.54) is 18.5 Å². The zero-order valence-corrected chi connectivity index (χ0v) is 13.1. The third-order valence-electron chi connectivity index (χ3n) is 4.02. The fourth-order valence-corrected chi connectivity index (χ4v) is 2.79. The van der Waals surface area contributed by atoms with E-state index in [9.17, 15) is 9.18 Å². The number of benzene rings is 1. The first kappa shape index (κ1) is 15.5. The van der Waals surface area contributed by atoms with Gasteiger partial charge >= 0.3 is 0 Å². The molecule has 0 N–H and O–H groups in total. The smallest absolute Gasteiger partial charge is 0.290 e. The molecule has 0 bridgehead atoms. The highest BCUT2D eigenvalue weighted by Crippen LogP contribution is 2.28. The Morgan fingerprint density at radius 1 is 1.24 bits per heavy atom. The summed E-state index contributed by atoms with van der Waals surface area (Å²) in [4.78, 5) is 18.4. The number of carbonyl (C=O) groups excluding carboxylic acids is 1. The SMILES string of the molecule is O=C(c1ccc(-c2ccccc2F)o1)N1CCOCC1c1ncon1. The number of rotatable bonds is 3. The molecule has 0 radical (unpaired) electrons. The average Bonchev–Trinajstić information content (AvgIpc) is 3.34. The molecule has 0 saturated carbocycles. The predicted octanol–water partition coefficient (Wildman–Crippen LogP) is 2.68. The molecule has 128 valence electrons. The topological polar surface area (TPSA) is 81.6 Å². The molecule has 1 unspecified atom stereocenters. The second kappa shape index (κ2) is 6.48. The van der Waals surface area contributed by atoms with Crippen LogP contribution in [0.4, 0.5) is 4.39 Å². The number of hydrogen-bond acceptors (Lipinski definition) is 6. The summed E-state index contributed by atoms with van der Waals surface area (Å²) in [7, 11) is 0. The van der Waals surface area contributed by atoms with Crippen LogP contribution in [0, 0.1) is 5.82 Å². The molecule has 4 rings (SSSR count). The van der Waals surface area contributed by atoms with Crippen LogP contribution in [-0.4, -0.2) is 40.7 Å². The second-order valence-electron chi connectivity index (χ2n) is 5.52. The van der Waals surface area contributed by atoms with E-state index in [1.54, 1.807) is 29.2 Å². The maximum absolute atomic E-state index is 13.9. The lowest BCUT2D eigenvalue weighted by atomic mass is 10.1. The molecule has 1 aliphatic rings. The minimum absolute atomic E-state index is 0.119. The summed E-state index contributed by atoms with van der Waals surface area (Å²) < 4.78 is 29.7. The van der Waals surface area contributed by atoms with Crippen LogP contribution in [-0.2, 0) is 4.74 Å². The van der Waals surface area contributed by atoms with Gasteiger partial charge in [0.15, 0.2) is 11.6 Å². The number of aromatic nitrogens is 2. The normalized spacial score (nSPS) is 17.6. The number of hydrogen-bond donors (Lipinski definition) is 0. The van der Waals surface area contributed by atoms with Crippen molar-refractivity contribution in [2.45, 2.75) is 6.04 Å². The summed E-state index contributed by atoms with van der Waals surface area (Å²) in [6, 6.07) is 8.89. The van der Waals surface area contributed by atoms with Crippen LogP contribution in [0.1, 0.15) is 22.4 Å². The van der Waals surface area contributed by atoms with Crippen LogP contribution < -0.4 is 0 Å². The van der Waals surface area contributed by atoms with Crippen molar-refractivity contribution >= 4 is 5.91 Å². The molecule has 3 heterocycles. The quantitative estimate of drug-likeness (QED) is 0.727.